The van der Waals surface area contributed by atoms with Gasteiger partial charge in [-0.2, -0.15) is 0 Å². The molecule has 3 N–H and O–H groups in total. The van der Waals surface area contributed by atoms with Gasteiger partial charge >= 0.3 is 0 Å². The maximum absolute atomic E-state index is 12.2. The molecular weight excluding hydrogens is 260 g/mol. The molecule has 0 bridgehead atoms. The van der Waals surface area contributed by atoms with E-state index in [2.05, 4.69) is 10.3 Å². The molecule has 0 atom stereocenters. The Balaban J connectivity index is 2.07. The summed E-state index contributed by atoms with van der Waals surface area (Å²) in [6, 6.07) is 1.89. The molecule has 2 aromatic heterocycles. The number of amides is 1. The van der Waals surface area contributed by atoms with Crippen LogP contribution in [0.15, 0.2) is 17.6 Å². The van der Waals surface area contributed by atoms with E-state index in [0.29, 0.717) is 17.9 Å². The molecule has 0 fully saturated rings. The molecule has 6 heteroatoms. The minimum atomic E-state index is -0.129. The van der Waals surface area contributed by atoms with E-state index < -0.39 is 0 Å². The van der Waals surface area contributed by atoms with Crippen molar-refractivity contribution in [3.63, 3.8) is 0 Å². The van der Waals surface area contributed by atoms with Gasteiger partial charge in [0, 0.05) is 17.6 Å². The summed E-state index contributed by atoms with van der Waals surface area (Å²) < 4.78 is 1.87. The molecule has 0 saturated carbocycles. The van der Waals surface area contributed by atoms with Crippen molar-refractivity contribution in [3.05, 3.63) is 34.0 Å². The molecule has 2 heterocycles. The number of carbonyl (C=O) groups is 1. The molecule has 102 valence electrons. The number of nitrogens with zero attached hydrogens (tertiary/aromatic N) is 2. The van der Waals surface area contributed by atoms with E-state index in [1.165, 1.54) is 0 Å². The van der Waals surface area contributed by atoms with Crippen molar-refractivity contribution >= 4 is 22.9 Å². The van der Waals surface area contributed by atoms with Crippen molar-refractivity contribution in [2.24, 2.45) is 0 Å². The van der Waals surface area contributed by atoms with Gasteiger partial charge in [0.2, 0.25) is 0 Å². The van der Waals surface area contributed by atoms with Gasteiger partial charge in [-0.15, -0.1) is 11.3 Å². The van der Waals surface area contributed by atoms with E-state index in [4.69, 9.17) is 5.73 Å². The predicted octanol–water partition coefficient (Wildman–Crippen LogP) is 2.35. The minimum absolute atomic E-state index is 0.129. The zero-order valence-corrected chi connectivity index (χ0v) is 12.1. The fourth-order valence-corrected chi connectivity index (χ4v) is 2.47. The summed E-state index contributed by atoms with van der Waals surface area (Å²) in [5.41, 5.74) is 7.82. The molecule has 0 aromatic carbocycles. The second-order valence-corrected chi connectivity index (χ2v) is 5.76. The van der Waals surface area contributed by atoms with Crippen molar-refractivity contribution in [3.8, 4) is 0 Å². The fourth-order valence-electron chi connectivity index (χ4n) is 1.86. The highest BCUT2D eigenvalue weighted by molar-refractivity contribution is 7.09. The van der Waals surface area contributed by atoms with Crippen LogP contribution in [0.1, 0.15) is 41.1 Å². The van der Waals surface area contributed by atoms with E-state index in [9.17, 15) is 4.79 Å². The van der Waals surface area contributed by atoms with E-state index in [1.54, 1.807) is 23.6 Å². The Morgan fingerprint density at radius 3 is 2.89 bits per heavy atom. The molecule has 1 amide bonds. The van der Waals surface area contributed by atoms with Gasteiger partial charge in [0.05, 0.1) is 22.9 Å². The highest BCUT2D eigenvalue weighted by atomic mass is 32.1. The third-order valence-corrected chi connectivity index (χ3v) is 3.58. The van der Waals surface area contributed by atoms with Crippen molar-refractivity contribution in [2.75, 3.05) is 5.73 Å². The number of thiazole rings is 1. The topological polar surface area (TPSA) is 72.9 Å². The Kier molecular flexibility index (Phi) is 3.90. The minimum Gasteiger partial charge on any atom is -0.397 e. The van der Waals surface area contributed by atoms with Crippen molar-refractivity contribution in [1.29, 1.82) is 0 Å². The Bertz CT molecular complexity index is 585. The summed E-state index contributed by atoms with van der Waals surface area (Å²) in [7, 11) is 0. The maximum Gasteiger partial charge on any atom is 0.268 e. The maximum atomic E-state index is 12.2. The lowest BCUT2D eigenvalue weighted by Gasteiger charge is -2.12. The molecule has 0 spiro atoms. The fraction of sp³-hybridized carbons (Fsp3) is 0.385. The van der Waals surface area contributed by atoms with Gasteiger partial charge in [0.1, 0.15) is 5.69 Å². The quantitative estimate of drug-likeness (QED) is 0.901. The summed E-state index contributed by atoms with van der Waals surface area (Å²) in [6.45, 7) is 6.41. The normalized spacial score (nSPS) is 10.9. The van der Waals surface area contributed by atoms with Crippen LogP contribution in [-0.2, 0) is 6.54 Å². The summed E-state index contributed by atoms with van der Waals surface area (Å²) in [5, 5.41) is 5.82. The summed E-state index contributed by atoms with van der Waals surface area (Å²) >= 11 is 1.58. The number of nitrogens with two attached hydrogens (primary N) is 1. The van der Waals surface area contributed by atoms with Crippen LogP contribution >= 0.6 is 11.3 Å². The van der Waals surface area contributed by atoms with Crippen LogP contribution in [0.25, 0.3) is 0 Å². The lowest BCUT2D eigenvalue weighted by Crippen LogP contribution is -2.26. The number of rotatable bonds is 4. The number of carbonyl (C=O) groups excluding carboxylic acids is 1. The number of nitrogen functional groups attached to an aromatic ring is 1. The van der Waals surface area contributed by atoms with Gasteiger partial charge in [-0.1, -0.05) is 0 Å². The van der Waals surface area contributed by atoms with Gasteiger partial charge in [-0.05, 0) is 26.8 Å². The van der Waals surface area contributed by atoms with Crippen LogP contribution in [0, 0.1) is 6.92 Å². The zero-order valence-electron chi connectivity index (χ0n) is 11.3. The van der Waals surface area contributed by atoms with E-state index in [0.717, 1.165) is 10.7 Å². The van der Waals surface area contributed by atoms with Gasteiger partial charge in [-0.25, -0.2) is 4.98 Å². The smallest absolute Gasteiger partial charge is 0.268 e. The summed E-state index contributed by atoms with van der Waals surface area (Å²) in [6.07, 6.45) is 1.78. The zero-order chi connectivity index (χ0) is 14.0. The van der Waals surface area contributed by atoms with E-state index in [1.807, 2.05) is 30.7 Å². The van der Waals surface area contributed by atoms with E-state index in [-0.39, 0.29) is 11.9 Å². The summed E-state index contributed by atoms with van der Waals surface area (Å²) in [4.78, 5) is 16.5. The predicted molar refractivity (Wildman–Crippen MR) is 77.3 cm³/mol. The lowest BCUT2D eigenvalue weighted by atomic mass is 10.3. The Hall–Kier alpha value is -1.82. The van der Waals surface area contributed by atoms with Crippen LogP contribution < -0.4 is 11.1 Å². The number of anilines is 1. The van der Waals surface area contributed by atoms with E-state index >= 15 is 0 Å². The molecule has 0 saturated heterocycles. The lowest BCUT2D eigenvalue weighted by molar-refractivity contribution is 0.0939. The molecule has 0 unspecified atom stereocenters. The number of aromatic nitrogens is 2. The van der Waals surface area contributed by atoms with Crippen molar-refractivity contribution in [1.82, 2.24) is 14.9 Å². The average Bonchev–Trinajstić information content (AvgIpc) is 2.92. The molecule has 0 aliphatic carbocycles. The second-order valence-electron chi connectivity index (χ2n) is 4.70. The monoisotopic (exact) mass is 278 g/mol. The van der Waals surface area contributed by atoms with Crippen molar-refractivity contribution in [2.45, 2.75) is 33.4 Å². The van der Waals surface area contributed by atoms with Crippen LogP contribution in [0.4, 0.5) is 5.69 Å². The third-order valence-electron chi connectivity index (χ3n) is 2.76. The first-order valence-corrected chi connectivity index (χ1v) is 7.02. The van der Waals surface area contributed by atoms with Crippen LogP contribution in [0.3, 0.4) is 0 Å². The average molecular weight is 278 g/mol. The molecule has 0 aliphatic rings. The first kappa shape index (κ1) is 13.6. The highest BCUT2D eigenvalue weighted by Crippen LogP contribution is 2.16. The molecule has 2 rings (SSSR count). The number of nitrogens with one attached hydrogen (secondary N) is 1. The van der Waals surface area contributed by atoms with Gasteiger partial charge in [0.15, 0.2) is 0 Å². The number of aryl methyl sites for hydroxylation is 1. The van der Waals surface area contributed by atoms with Crippen LogP contribution in [0.5, 0.6) is 0 Å². The van der Waals surface area contributed by atoms with Gasteiger partial charge in [-0.3, -0.25) is 4.79 Å². The standard InChI is InChI=1S/C13H18N4OS/c1-8(2)17-6-10(14)4-12(17)13(18)15-5-11-7-19-9(3)16-11/h4,6-8H,5,14H2,1-3H3,(H,15,18). The van der Waals surface area contributed by atoms with Gasteiger partial charge in [0.25, 0.3) is 5.91 Å². The Morgan fingerprint density at radius 1 is 1.58 bits per heavy atom. The molecule has 0 aliphatic heterocycles. The molecule has 0 radical (unpaired) electrons. The molecule has 19 heavy (non-hydrogen) atoms. The van der Waals surface area contributed by atoms with Crippen LogP contribution in [0.2, 0.25) is 0 Å². The Labute approximate surface area is 116 Å². The summed E-state index contributed by atoms with van der Waals surface area (Å²) in [5.74, 6) is -0.129. The molecular formula is C13H18N4OS. The number of hydrogen-bond donors (Lipinski definition) is 2. The molecule has 5 nitrogen and oxygen atoms in total. The highest BCUT2D eigenvalue weighted by Gasteiger charge is 2.14. The van der Waals surface area contributed by atoms with Crippen molar-refractivity contribution < 1.29 is 4.79 Å². The first-order chi connectivity index (χ1) is 8.97. The first-order valence-electron chi connectivity index (χ1n) is 6.14. The largest absolute Gasteiger partial charge is 0.397 e. The molecule has 2 aromatic rings. The van der Waals surface area contributed by atoms with Gasteiger partial charge < -0.3 is 15.6 Å². The Morgan fingerprint density at radius 2 is 2.32 bits per heavy atom. The second kappa shape index (κ2) is 5.44. The number of hydrogen-bond acceptors (Lipinski definition) is 4. The SMILES string of the molecule is Cc1nc(CNC(=O)c2cc(N)cn2C(C)C)cs1. The van der Waals surface area contributed by atoms with Crippen LogP contribution in [-0.4, -0.2) is 15.5 Å². The third kappa shape index (κ3) is 3.14.